The van der Waals surface area contributed by atoms with Crippen LogP contribution in [0.15, 0.2) is 12.3 Å². The van der Waals surface area contributed by atoms with Gasteiger partial charge >= 0.3 is 0 Å². The van der Waals surface area contributed by atoms with Gasteiger partial charge in [-0.2, -0.15) is 11.8 Å². The molecule has 0 radical (unpaired) electrons. The summed E-state index contributed by atoms with van der Waals surface area (Å²) in [6.07, 6.45) is 7.24. The number of nitrogens with zero attached hydrogens (tertiary/aromatic N) is 2. The molecule has 2 atom stereocenters. The SMILES string of the molecule is CCC(N)Cc1cnc(N(C)C(C)CCSC)c(C)c1. The van der Waals surface area contributed by atoms with Crippen molar-refractivity contribution < 1.29 is 0 Å². The summed E-state index contributed by atoms with van der Waals surface area (Å²) in [5.41, 5.74) is 8.50. The highest BCUT2D eigenvalue weighted by molar-refractivity contribution is 7.98. The van der Waals surface area contributed by atoms with Crippen LogP contribution in [0.1, 0.15) is 37.8 Å². The Morgan fingerprint density at radius 1 is 1.45 bits per heavy atom. The monoisotopic (exact) mass is 295 g/mol. The maximum atomic E-state index is 6.02. The van der Waals surface area contributed by atoms with Crippen molar-refractivity contribution in [3.8, 4) is 0 Å². The van der Waals surface area contributed by atoms with Crippen LogP contribution in [0.25, 0.3) is 0 Å². The number of aryl methyl sites for hydroxylation is 1. The molecule has 1 aromatic heterocycles. The van der Waals surface area contributed by atoms with Gasteiger partial charge in [-0.3, -0.25) is 0 Å². The standard InChI is InChI=1S/C16H29N3S/c1-6-15(17)10-14-9-12(2)16(18-11-14)19(4)13(3)7-8-20-5/h9,11,13,15H,6-8,10,17H2,1-5H3. The fourth-order valence-corrected chi connectivity index (χ4v) is 2.82. The van der Waals surface area contributed by atoms with E-state index in [-0.39, 0.29) is 6.04 Å². The van der Waals surface area contributed by atoms with Crippen molar-refractivity contribution in [2.45, 2.75) is 52.1 Å². The van der Waals surface area contributed by atoms with Crippen LogP contribution < -0.4 is 10.6 Å². The molecule has 0 saturated heterocycles. The summed E-state index contributed by atoms with van der Waals surface area (Å²) in [5, 5.41) is 0. The summed E-state index contributed by atoms with van der Waals surface area (Å²) in [6, 6.07) is 2.98. The van der Waals surface area contributed by atoms with Gasteiger partial charge in [0.25, 0.3) is 0 Å². The zero-order valence-electron chi connectivity index (χ0n) is 13.5. The van der Waals surface area contributed by atoms with E-state index in [2.05, 4.69) is 50.0 Å². The van der Waals surface area contributed by atoms with Crippen LogP contribution in [-0.2, 0) is 6.42 Å². The first-order valence-electron chi connectivity index (χ1n) is 7.42. The van der Waals surface area contributed by atoms with Crippen LogP contribution >= 0.6 is 11.8 Å². The second-order valence-electron chi connectivity index (χ2n) is 5.60. The fourth-order valence-electron chi connectivity index (χ4n) is 2.24. The Labute approximate surface area is 128 Å². The molecule has 0 fully saturated rings. The van der Waals surface area contributed by atoms with Crippen LogP contribution in [0.4, 0.5) is 5.82 Å². The Morgan fingerprint density at radius 2 is 2.15 bits per heavy atom. The van der Waals surface area contributed by atoms with Crippen LogP contribution in [-0.4, -0.2) is 36.1 Å². The minimum atomic E-state index is 0.236. The van der Waals surface area contributed by atoms with Crippen molar-refractivity contribution in [3.63, 3.8) is 0 Å². The molecule has 0 aliphatic rings. The molecular weight excluding hydrogens is 266 g/mol. The van der Waals surface area contributed by atoms with Gasteiger partial charge in [-0.15, -0.1) is 0 Å². The van der Waals surface area contributed by atoms with Crippen LogP contribution in [0, 0.1) is 6.92 Å². The smallest absolute Gasteiger partial charge is 0.131 e. The number of nitrogens with two attached hydrogens (primary N) is 1. The zero-order chi connectivity index (χ0) is 15.1. The van der Waals surface area contributed by atoms with Gasteiger partial charge in [0.2, 0.25) is 0 Å². The number of hydrogen-bond donors (Lipinski definition) is 1. The van der Waals surface area contributed by atoms with Gasteiger partial charge in [0.15, 0.2) is 0 Å². The van der Waals surface area contributed by atoms with Crippen molar-refractivity contribution in [1.29, 1.82) is 0 Å². The summed E-state index contributed by atoms with van der Waals surface area (Å²) in [4.78, 5) is 6.95. The summed E-state index contributed by atoms with van der Waals surface area (Å²) < 4.78 is 0. The summed E-state index contributed by atoms with van der Waals surface area (Å²) in [7, 11) is 2.14. The highest BCUT2D eigenvalue weighted by atomic mass is 32.2. The number of anilines is 1. The average molecular weight is 295 g/mol. The largest absolute Gasteiger partial charge is 0.357 e. The van der Waals surface area contributed by atoms with Crippen molar-refractivity contribution in [1.82, 2.24) is 4.98 Å². The van der Waals surface area contributed by atoms with E-state index in [9.17, 15) is 0 Å². The van der Waals surface area contributed by atoms with E-state index in [0.29, 0.717) is 6.04 Å². The van der Waals surface area contributed by atoms with Crippen molar-refractivity contribution in [2.75, 3.05) is 24.0 Å². The first kappa shape index (κ1) is 17.3. The molecule has 4 heteroatoms. The summed E-state index contributed by atoms with van der Waals surface area (Å²) in [6.45, 7) is 6.53. The van der Waals surface area contributed by atoms with E-state index in [0.717, 1.165) is 18.7 Å². The molecule has 0 amide bonds. The number of pyridine rings is 1. The quantitative estimate of drug-likeness (QED) is 0.799. The van der Waals surface area contributed by atoms with Gasteiger partial charge in [0, 0.05) is 25.3 Å². The predicted molar refractivity (Wildman–Crippen MR) is 91.8 cm³/mol. The first-order chi connectivity index (χ1) is 9.49. The lowest BCUT2D eigenvalue weighted by molar-refractivity contribution is 0.641. The predicted octanol–water partition coefficient (Wildman–Crippen LogP) is 3.25. The van der Waals surface area contributed by atoms with Crippen molar-refractivity contribution in [2.24, 2.45) is 5.73 Å². The lowest BCUT2D eigenvalue weighted by Gasteiger charge is -2.27. The van der Waals surface area contributed by atoms with E-state index in [4.69, 9.17) is 5.73 Å². The van der Waals surface area contributed by atoms with E-state index in [1.54, 1.807) is 0 Å². The molecule has 0 aromatic carbocycles. The molecule has 114 valence electrons. The van der Waals surface area contributed by atoms with E-state index >= 15 is 0 Å². The molecule has 1 aromatic rings. The molecule has 20 heavy (non-hydrogen) atoms. The van der Waals surface area contributed by atoms with E-state index in [1.807, 2.05) is 18.0 Å². The molecule has 1 heterocycles. The minimum Gasteiger partial charge on any atom is -0.357 e. The van der Waals surface area contributed by atoms with Crippen LogP contribution in [0.5, 0.6) is 0 Å². The Balaban J connectivity index is 2.76. The molecule has 2 unspecified atom stereocenters. The molecule has 0 aliphatic heterocycles. The maximum absolute atomic E-state index is 6.02. The minimum absolute atomic E-state index is 0.236. The van der Waals surface area contributed by atoms with E-state index < -0.39 is 0 Å². The number of thioether (sulfide) groups is 1. The fraction of sp³-hybridized carbons (Fsp3) is 0.688. The third kappa shape index (κ3) is 4.98. The van der Waals surface area contributed by atoms with Gasteiger partial charge < -0.3 is 10.6 Å². The van der Waals surface area contributed by atoms with Crippen molar-refractivity contribution >= 4 is 17.6 Å². The van der Waals surface area contributed by atoms with Crippen LogP contribution in [0.3, 0.4) is 0 Å². The third-order valence-corrected chi connectivity index (χ3v) is 4.51. The summed E-state index contributed by atoms with van der Waals surface area (Å²) >= 11 is 1.90. The average Bonchev–Trinajstić information content (AvgIpc) is 2.44. The second-order valence-corrected chi connectivity index (χ2v) is 6.58. The van der Waals surface area contributed by atoms with Gasteiger partial charge in [0.05, 0.1) is 0 Å². The zero-order valence-corrected chi connectivity index (χ0v) is 14.3. The molecule has 3 nitrogen and oxygen atoms in total. The molecule has 1 rings (SSSR count). The lowest BCUT2D eigenvalue weighted by Crippen LogP contribution is -2.31. The Bertz CT molecular complexity index is 409. The number of hydrogen-bond acceptors (Lipinski definition) is 4. The van der Waals surface area contributed by atoms with Crippen LogP contribution in [0.2, 0.25) is 0 Å². The maximum Gasteiger partial charge on any atom is 0.131 e. The molecule has 0 bridgehead atoms. The normalized spacial score (nSPS) is 14.1. The Kier molecular flexibility index (Phi) is 7.38. The van der Waals surface area contributed by atoms with Gasteiger partial charge in [0.1, 0.15) is 5.82 Å². The number of rotatable bonds is 8. The van der Waals surface area contributed by atoms with Gasteiger partial charge in [-0.25, -0.2) is 4.98 Å². The molecule has 0 saturated carbocycles. The Hall–Kier alpha value is -0.740. The van der Waals surface area contributed by atoms with Crippen molar-refractivity contribution in [3.05, 3.63) is 23.4 Å². The van der Waals surface area contributed by atoms with Gasteiger partial charge in [-0.1, -0.05) is 13.0 Å². The highest BCUT2D eigenvalue weighted by Crippen LogP contribution is 2.21. The lowest BCUT2D eigenvalue weighted by atomic mass is 10.0. The first-order valence-corrected chi connectivity index (χ1v) is 8.81. The molecule has 2 N–H and O–H groups in total. The second kappa shape index (κ2) is 8.53. The van der Waals surface area contributed by atoms with E-state index in [1.165, 1.54) is 23.3 Å². The number of aromatic nitrogens is 1. The summed E-state index contributed by atoms with van der Waals surface area (Å²) in [5.74, 6) is 2.28. The Morgan fingerprint density at radius 3 is 2.70 bits per heavy atom. The highest BCUT2D eigenvalue weighted by Gasteiger charge is 2.14. The topological polar surface area (TPSA) is 42.1 Å². The van der Waals surface area contributed by atoms with Gasteiger partial charge in [-0.05, 0) is 56.2 Å². The third-order valence-electron chi connectivity index (χ3n) is 3.86. The molecule has 0 spiro atoms. The molecule has 0 aliphatic carbocycles. The molecular formula is C16H29N3S.